The molecule has 1 aromatic carbocycles. The summed E-state index contributed by atoms with van der Waals surface area (Å²) >= 11 is 3.26. The minimum atomic E-state index is -0.532. The largest absolute Gasteiger partial charge is 0.493 e. The predicted molar refractivity (Wildman–Crippen MR) is 67.1 cm³/mol. The Kier molecular flexibility index (Phi) is 3.42. The SMILES string of the molecule is COc1cc(F)c(-c2cc(N)no2)c(Br)c1OC. The quantitative estimate of drug-likeness (QED) is 0.942. The molecule has 1 heterocycles. The van der Waals surface area contributed by atoms with Gasteiger partial charge in [-0.2, -0.15) is 0 Å². The summed E-state index contributed by atoms with van der Waals surface area (Å²) in [5, 5.41) is 3.52. The van der Waals surface area contributed by atoms with Gasteiger partial charge in [0.25, 0.3) is 0 Å². The van der Waals surface area contributed by atoms with Crippen molar-refractivity contribution in [3.63, 3.8) is 0 Å². The summed E-state index contributed by atoms with van der Waals surface area (Å²) in [5.41, 5.74) is 5.62. The van der Waals surface area contributed by atoms with Gasteiger partial charge in [-0.15, -0.1) is 0 Å². The zero-order valence-electron chi connectivity index (χ0n) is 9.66. The topological polar surface area (TPSA) is 70.5 Å². The molecule has 0 aliphatic heterocycles. The molecule has 7 heteroatoms. The van der Waals surface area contributed by atoms with E-state index in [1.807, 2.05) is 0 Å². The van der Waals surface area contributed by atoms with Crippen molar-refractivity contribution >= 4 is 21.7 Å². The van der Waals surface area contributed by atoms with Crippen molar-refractivity contribution in [1.82, 2.24) is 5.16 Å². The molecule has 0 unspecified atom stereocenters. The van der Waals surface area contributed by atoms with E-state index in [2.05, 4.69) is 21.1 Å². The second-order valence-corrected chi connectivity index (χ2v) is 4.19. The van der Waals surface area contributed by atoms with Gasteiger partial charge in [-0.05, 0) is 15.9 Å². The third-order valence-corrected chi connectivity index (χ3v) is 3.09. The fourth-order valence-corrected chi connectivity index (χ4v) is 2.30. The van der Waals surface area contributed by atoms with Gasteiger partial charge in [0.05, 0.1) is 24.3 Å². The van der Waals surface area contributed by atoms with E-state index in [1.165, 1.54) is 26.4 Å². The summed E-state index contributed by atoms with van der Waals surface area (Å²) in [4.78, 5) is 0. The van der Waals surface area contributed by atoms with Crippen LogP contribution >= 0.6 is 15.9 Å². The first-order chi connectivity index (χ1) is 8.58. The van der Waals surface area contributed by atoms with Gasteiger partial charge in [-0.3, -0.25) is 0 Å². The molecule has 18 heavy (non-hydrogen) atoms. The molecule has 0 aliphatic carbocycles. The molecule has 1 aromatic heterocycles. The molecular weight excluding hydrogens is 307 g/mol. The predicted octanol–water partition coefficient (Wildman–Crippen LogP) is 2.84. The molecule has 0 aliphatic rings. The Labute approximate surface area is 111 Å². The maximum absolute atomic E-state index is 14.0. The van der Waals surface area contributed by atoms with Crippen LogP contribution in [0.5, 0.6) is 11.5 Å². The fraction of sp³-hybridized carbons (Fsp3) is 0.182. The molecule has 96 valence electrons. The lowest BCUT2D eigenvalue weighted by Crippen LogP contribution is -1.96. The molecule has 0 radical (unpaired) electrons. The number of nitrogens with zero attached hydrogens (tertiary/aromatic N) is 1. The van der Waals surface area contributed by atoms with Gasteiger partial charge in [0.1, 0.15) is 5.82 Å². The summed E-state index contributed by atoms with van der Waals surface area (Å²) in [6.07, 6.45) is 0. The van der Waals surface area contributed by atoms with E-state index in [4.69, 9.17) is 19.7 Å². The lowest BCUT2D eigenvalue weighted by molar-refractivity contribution is 0.350. The molecule has 0 saturated heterocycles. The van der Waals surface area contributed by atoms with Crippen LogP contribution in [0.4, 0.5) is 10.2 Å². The summed E-state index contributed by atoms with van der Waals surface area (Å²) in [7, 11) is 2.88. The van der Waals surface area contributed by atoms with Crippen LogP contribution < -0.4 is 15.2 Å². The Hall–Kier alpha value is -1.76. The number of hydrogen-bond donors (Lipinski definition) is 1. The molecule has 0 spiro atoms. The highest BCUT2D eigenvalue weighted by atomic mass is 79.9. The summed E-state index contributed by atoms with van der Waals surface area (Å²) < 4.78 is 29.5. The second-order valence-electron chi connectivity index (χ2n) is 3.40. The van der Waals surface area contributed by atoms with Gasteiger partial charge in [0.2, 0.25) is 0 Å². The first kappa shape index (κ1) is 12.7. The summed E-state index contributed by atoms with van der Waals surface area (Å²) in [6, 6.07) is 2.63. The van der Waals surface area contributed by atoms with E-state index in [9.17, 15) is 4.39 Å². The van der Waals surface area contributed by atoms with Gasteiger partial charge in [0.15, 0.2) is 23.1 Å². The van der Waals surface area contributed by atoms with Crippen LogP contribution in [0.3, 0.4) is 0 Å². The van der Waals surface area contributed by atoms with Crippen molar-refractivity contribution in [3.05, 3.63) is 22.4 Å². The summed E-state index contributed by atoms with van der Waals surface area (Å²) in [5.74, 6) is 0.488. The van der Waals surface area contributed by atoms with Crippen LogP contribution in [0, 0.1) is 5.82 Å². The van der Waals surface area contributed by atoms with Crippen LogP contribution in [0.15, 0.2) is 21.1 Å². The standard InChI is InChI=1S/C11H10BrFN2O3/c1-16-7-3-5(13)9(10(12)11(7)17-2)6-4-8(14)15-18-6/h3-4H,1-2H3,(H2,14,15). The van der Waals surface area contributed by atoms with Crippen LogP contribution in [-0.2, 0) is 0 Å². The number of aromatic nitrogens is 1. The third-order valence-electron chi connectivity index (χ3n) is 2.34. The average Bonchev–Trinajstić information content (AvgIpc) is 2.75. The molecule has 0 bridgehead atoms. The molecule has 0 fully saturated rings. The average molecular weight is 317 g/mol. The van der Waals surface area contributed by atoms with E-state index in [1.54, 1.807) is 0 Å². The van der Waals surface area contributed by atoms with Crippen molar-refractivity contribution in [2.24, 2.45) is 0 Å². The molecule has 0 amide bonds. The number of nitrogens with two attached hydrogens (primary N) is 1. The van der Waals surface area contributed by atoms with E-state index >= 15 is 0 Å². The lowest BCUT2D eigenvalue weighted by Gasteiger charge is -2.12. The Bertz CT molecular complexity index is 586. The monoisotopic (exact) mass is 316 g/mol. The Morgan fingerprint density at radius 1 is 1.33 bits per heavy atom. The highest BCUT2D eigenvalue weighted by molar-refractivity contribution is 9.10. The van der Waals surface area contributed by atoms with Gasteiger partial charge in [-0.25, -0.2) is 4.39 Å². The highest BCUT2D eigenvalue weighted by Crippen LogP contribution is 2.43. The van der Waals surface area contributed by atoms with E-state index < -0.39 is 5.82 Å². The van der Waals surface area contributed by atoms with E-state index in [0.29, 0.717) is 10.2 Å². The third kappa shape index (κ3) is 2.01. The number of halogens is 2. The molecule has 0 saturated carbocycles. The van der Waals surface area contributed by atoms with Crippen molar-refractivity contribution in [3.8, 4) is 22.8 Å². The normalized spacial score (nSPS) is 10.4. The van der Waals surface area contributed by atoms with Gasteiger partial charge in [0, 0.05) is 12.1 Å². The van der Waals surface area contributed by atoms with Crippen LogP contribution in [0.25, 0.3) is 11.3 Å². The minimum Gasteiger partial charge on any atom is -0.493 e. The first-order valence-electron chi connectivity index (χ1n) is 4.91. The zero-order chi connectivity index (χ0) is 13.3. The minimum absolute atomic E-state index is 0.172. The number of methoxy groups -OCH3 is 2. The van der Waals surface area contributed by atoms with E-state index in [-0.39, 0.29) is 22.9 Å². The summed E-state index contributed by atoms with van der Waals surface area (Å²) in [6.45, 7) is 0. The first-order valence-corrected chi connectivity index (χ1v) is 5.70. The maximum atomic E-state index is 14.0. The Balaban J connectivity index is 2.68. The number of anilines is 1. The molecule has 5 nitrogen and oxygen atoms in total. The number of ether oxygens (including phenoxy) is 2. The Morgan fingerprint density at radius 2 is 2.06 bits per heavy atom. The zero-order valence-corrected chi connectivity index (χ0v) is 11.2. The number of benzene rings is 1. The fourth-order valence-electron chi connectivity index (χ4n) is 1.55. The van der Waals surface area contributed by atoms with Gasteiger partial charge < -0.3 is 19.7 Å². The van der Waals surface area contributed by atoms with Crippen LogP contribution in [0.1, 0.15) is 0 Å². The number of hydrogen-bond acceptors (Lipinski definition) is 5. The molecule has 2 rings (SSSR count). The van der Waals surface area contributed by atoms with Gasteiger partial charge in [-0.1, -0.05) is 5.16 Å². The highest BCUT2D eigenvalue weighted by Gasteiger charge is 2.22. The van der Waals surface area contributed by atoms with Crippen molar-refractivity contribution < 1.29 is 18.4 Å². The molecule has 2 N–H and O–H groups in total. The molecular formula is C11H10BrFN2O3. The number of nitrogen functional groups attached to an aromatic ring is 1. The molecule has 2 aromatic rings. The number of rotatable bonds is 3. The van der Waals surface area contributed by atoms with Crippen molar-refractivity contribution in [2.75, 3.05) is 20.0 Å². The van der Waals surface area contributed by atoms with Crippen molar-refractivity contribution in [1.29, 1.82) is 0 Å². The van der Waals surface area contributed by atoms with Crippen LogP contribution in [-0.4, -0.2) is 19.4 Å². The van der Waals surface area contributed by atoms with Crippen molar-refractivity contribution in [2.45, 2.75) is 0 Å². The van der Waals surface area contributed by atoms with Gasteiger partial charge >= 0.3 is 0 Å². The molecule has 0 atom stereocenters. The second kappa shape index (κ2) is 4.85. The van der Waals surface area contributed by atoms with Crippen LogP contribution in [0.2, 0.25) is 0 Å². The maximum Gasteiger partial charge on any atom is 0.175 e. The smallest absolute Gasteiger partial charge is 0.175 e. The lowest BCUT2D eigenvalue weighted by atomic mass is 10.1. The Morgan fingerprint density at radius 3 is 2.56 bits per heavy atom. The van der Waals surface area contributed by atoms with E-state index in [0.717, 1.165) is 0 Å².